The van der Waals surface area contributed by atoms with Crippen LogP contribution in [0.25, 0.3) is 0 Å². The summed E-state index contributed by atoms with van der Waals surface area (Å²) in [4.78, 5) is 0. The maximum absolute atomic E-state index is 5.79. The van der Waals surface area contributed by atoms with Gasteiger partial charge < -0.3 is 20.5 Å². The molecule has 1 aromatic rings. The number of nitrogens with one attached hydrogen (secondary N) is 1. The molecule has 4 nitrogen and oxygen atoms in total. The molecule has 4 heteroatoms. The van der Waals surface area contributed by atoms with Crippen molar-refractivity contribution in [1.29, 1.82) is 0 Å². The molecule has 1 fully saturated rings. The fraction of sp³-hybridized carbons (Fsp3) is 0.600. The molecule has 0 aromatic heterocycles. The summed E-state index contributed by atoms with van der Waals surface area (Å²) in [6.45, 7) is 3.94. The summed E-state index contributed by atoms with van der Waals surface area (Å²) in [6.07, 6.45) is 2.29. The van der Waals surface area contributed by atoms with Crippen LogP contribution in [0.1, 0.15) is 24.0 Å². The van der Waals surface area contributed by atoms with E-state index in [9.17, 15) is 0 Å². The second-order valence-corrected chi connectivity index (χ2v) is 5.35. The fourth-order valence-corrected chi connectivity index (χ4v) is 2.63. The highest BCUT2D eigenvalue weighted by Gasteiger charge is 2.25. The van der Waals surface area contributed by atoms with Crippen LogP contribution in [0.3, 0.4) is 0 Å². The Morgan fingerprint density at radius 3 is 2.58 bits per heavy atom. The van der Waals surface area contributed by atoms with Gasteiger partial charge in [0, 0.05) is 24.2 Å². The van der Waals surface area contributed by atoms with Gasteiger partial charge in [-0.25, -0.2) is 0 Å². The van der Waals surface area contributed by atoms with Gasteiger partial charge in [-0.05, 0) is 43.9 Å². The number of aryl methyl sites for hydroxylation is 1. The highest BCUT2D eigenvalue weighted by atomic mass is 16.5. The molecule has 0 aliphatic heterocycles. The summed E-state index contributed by atoms with van der Waals surface area (Å²) < 4.78 is 10.7. The van der Waals surface area contributed by atoms with Crippen molar-refractivity contribution in [2.75, 3.05) is 20.8 Å². The third-order valence-corrected chi connectivity index (χ3v) is 3.87. The van der Waals surface area contributed by atoms with Gasteiger partial charge in [-0.15, -0.1) is 0 Å². The van der Waals surface area contributed by atoms with E-state index < -0.39 is 0 Å². The van der Waals surface area contributed by atoms with Gasteiger partial charge in [-0.1, -0.05) is 0 Å². The highest BCUT2D eigenvalue weighted by Crippen LogP contribution is 2.29. The Labute approximate surface area is 115 Å². The molecule has 1 aliphatic carbocycles. The van der Waals surface area contributed by atoms with Gasteiger partial charge >= 0.3 is 0 Å². The van der Waals surface area contributed by atoms with E-state index in [4.69, 9.17) is 15.2 Å². The van der Waals surface area contributed by atoms with E-state index in [1.54, 1.807) is 14.2 Å². The SMILES string of the molecule is COc1cc(C)c(CNCC2CC(N)C2)c(OC)c1. The molecule has 1 aromatic carbocycles. The van der Waals surface area contributed by atoms with Crippen LogP contribution in [0.5, 0.6) is 11.5 Å². The number of nitrogens with two attached hydrogens (primary N) is 1. The molecule has 3 N–H and O–H groups in total. The van der Waals surface area contributed by atoms with Gasteiger partial charge in [0.25, 0.3) is 0 Å². The molecule has 0 bridgehead atoms. The third kappa shape index (κ3) is 3.39. The van der Waals surface area contributed by atoms with Gasteiger partial charge in [0.1, 0.15) is 11.5 Å². The molecular formula is C15H24N2O2. The molecule has 0 saturated heterocycles. The lowest BCUT2D eigenvalue weighted by molar-refractivity contribution is 0.255. The minimum Gasteiger partial charge on any atom is -0.497 e. The predicted molar refractivity (Wildman–Crippen MR) is 76.7 cm³/mol. The van der Waals surface area contributed by atoms with Crippen LogP contribution in [0.15, 0.2) is 12.1 Å². The minimum atomic E-state index is 0.420. The Hall–Kier alpha value is -1.26. The van der Waals surface area contributed by atoms with E-state index in [-0.39, 0.29) is 0 Å². The van der Waals surface area contributed by atoms with Gasteiger partial charge in [0.05, 0.1) is 14.2 Å². The number of benzene rings is 1. The zero-order valence-electron chi connectivity index (χ0n) is 12.0. The molecule has 2 rings (SSSR count). The van der Waals surface area contributed by atoms with Crippen molar-refractivity contribution < 1.29 is 9.47 Å². The maximum Gasteiger partial charge on any atom is 0.127 e. The van der Waals surface area contributed by atoms with E-state index in [1.807, 2.05) is 12.1 Å². The molecule has 0 atom stereocenters. The summed E-state index contributed by atoms with van der Waals surface area (Å²) in [6, 6.07) is 4.39. The lowest BCUT2D eigenvalue weighted by Crippen LogP contribution is -2.41. The molecule has 0 amide bonds. The van der Waals surface area contributed by atoms with E-state index >= 15 is 0 Å². The van der Waals surface area contributed by atoms with E-state index in [0.29, 0.717) is 6.04 Å². The number of ether oxygens (including phenoxy) is 2. The quantitative estimate of drug-likeness (QED) is 0.823. The first-order valence-electron chi connectivity index (χ1n) is 6.81. The van der Waals surface area contributed by atoms with Crippen molar-refractivity contribution in [3.63, 3.8) is 0 Å². The number of hydrogen-bond acceptors (Lipinski definition) is 4. The average molecular weight is 264 g/mol. The Kier molecular flexibility index (Phi) is 4.66. The van der Waals surface area contributed by atoms with Crippen LogP contribution in [0.4, 0.5) is 0 Å². The Balaban J connectivity index is 1.94. The summed E-state index contributed by atoms with van der Waals surface area (Å²) in [5, 5.41) is 3.50. The van der Waals surface area contributed by atoms with Gasteiger partial charge in [-0.3, -0.25) is 0 Å². The molecule has 106 valence electrons. The molecular weight excluding hydrogens is 240 g/mol. The van der Waals surface area contributed by atoms with Crippen molar-refractivity contribution in [1.82, 2.24) is 5.32 Å². The first-order valence-corrected chi connectivity index (χ1v) is 6.81. The van der Waals surface area contributed by atoms with Gasteiger partial charge in [0.15, 0.2) is 0 Å². The van der Waals surface area contributed by atoms with Crippen LogP contribution in [-0.2, 0) is 6.54 Å². The zero-order chi connectivity index (χ0) is 13.8. The average Bonchev–Trinajstić information content (AvgIpc) is 2.37. The smallest absolute Gasteiger partial charge is 0.127 e. The highest BCUT2D eigenvalue weighted by molar-refractivity contribution is 5.46. The molecule has 0 spiro atoms. The summed E-state index contributed by atoms with van der Waals surface area (Å²) >= 11 is 0. The minimum absolute atomic E-state index is 0.420. The van der Waals surface area contributed by atoms with Gasteiger partial charge in [0.2, 0.25) is 0 Å². The normalized spacial score (nSPS) is 21.9. The Morgan fingerprint density at radius 1 is 1.26 bits per heavy atom. The van der Waals surface area contributed by atoms with Crippen LogP contribution in [-0.4, -0.2) is 26.8 Å². The number of rotatable bonds is 6. The Morgan fingerprint density at radius 2 is 2.00 bits per heavy atom. The van der Waals surface area contributed by atoms with Crippen molar-refractivity contribution in [2.45, 2.75) is 32.4 Å². The third-order valence-electron chi connectivity index (χ3n) is 3.87. The largest absolute Gasteiger partial charge is 0.497 e. The van der Waals surface area contributed by atoms with Crippen molar-refractivity contribution in [3.8, 4) is 11.5 Å². The Bertz CT molecular complexity index is 428. The van der Waals surface area contributed by atoms with Crippen LogP contribution in [0.2, 0.25) is 0 Å². The number of methoxy groups -OCH3 is 2. The lowest BCUT2D eigenvalue weighted by atomic mass is 9.81. The first-order chi connectivity index (χ1) is 9.13. The van der Waals surface area contributed by atoms with Gasteiger partial charge in [-0.2, -0.15) is 0 Å². The lowest BCUT2D eigenvalue weighted by Gasteiger charge is -2.32. The fourth-order valence-electron chi connectivity index (χ4n) is 2.63. The van der Waals surface area contributed by atoms with Crippen molar-refractivity contribution in [2.24, 2.45) is 11.7 Å². The summed E-state index contributed by atoms with van der Waals surface area (Å²) in [5.41, 5.74) is 8.18. The monoisotopic (exact) mass is 264 g/mol. The molecule has 19 heavy (non-hydrogen) atoms. The molecule has 0 heterocycles. The molecule has 1 aliphatic rings. The van der Waals surface area contributed by atoms with Crippen molar-refractivity contribution >= 4 is 0 Å². The maximum atomic E-state index is 5.79. The van der Waals surface area contributed by atoms with E-state index in [2.05, 4.69) is 12.2 Å². The zero-order valence-corrected chi connectivity index (χ0v) is 12.0. The summed E-state index contributed by atoms with van der Waals surface area (Å²) in [5.74, 6) is 2.46. The molecule has 0 unspecified atom stereocenters. The van der Waals surface area contributed by atoms with Crippen LogP contribution >= 0.6 is 0 Å². The first kappa shape index (κ1) is 14.2. The second-order valence-electron chi connectivity index (χ2n) is 5.35. The number of hydrogen-bond donors (Lipinski definition) is 2. The summed E-state index contributed by atoms with van der Waals surface area (Å²) in [7, 11) is 3.37. The van der Waals surface area contributed by atoms with Crippen molar-refractivity contribution in [3.05, 3.63) is 23.3 Å². The van der Waals surface area contributed by atoms with E-state index in [1.165, 1.54) is 11.1 Å². The predicted octanol–water partition coefficient (Wildman–Crippen LogP) is 1.84. The van der Waals surface area contributed by atoms with E-state index in [0.717, 1.165) is 43.3 Å². The topological polar surface area (TPSA) is 56.5 Å². The van der Waals surface area contributed by atoms with Crippen LogP contribution in [0, 0.1) is 12.8 Å². The standard InChI is InChI=1S/C15H24N2O2/c1-10-4-13(18-2)7-15(19-3)14(10)9-17-8-11-5-12(16)6-11/h4,7,11-12,17H,5-6,8-9,16H2,1-3H3. The second kappa shape index (κ2) is 6.26. The molecule has 0 radical (unpaired) electrons. The molecule has 1 saturated carbocycles. The van der Waals surface area contributed by atoms with Crippen LogP contribution < -0.4 is 20.5 Å².